The van der Waals surface area contributed by atoms with Crippen LogP contribution < -0.4 is 5.73 Å². The maximum Gasteiger partial charge on any atom is 0.0774 e. The van der Waals surface area contributed by atoms with Crippen LogP contribution >= 0.6 is 0 Å². The monoisotopic (exact) mass is 205 g/mol. The molecule has 0 aliphatic carbocycles. The first-order valence-corrected chi connectivity index (χ1v) is 5.63. The van der Waals surface area contributed by atoms with E-state index in [-0.39, 0.29) is 12.1 Å². The molecule has 2 atom stereocenters. The Balaban J connectivity index is 2.18. The van der Waals surface area contributed by atoms with Gasteiger partial charge in [-0.25, -0.2) is 0 Å². The van der Waals surface area contributed by atoms with Gasteiger partial charge in [0.15, 0.2) is 0 Å². The molecule has 0 aromatic heterocycles. The SMILES string of the molecule is CC(C)CC1OCc2ccccc2[C@@H]1N. The number of rotatable bonds is 2. The van der Waals surface area contributed by atoms with Gasteiger partial charge in [0, 0.05) is 0 Å². The quantitative estimate of drug-likeness (QED) is 0.805. The summed E-state index contributed by atoms with van der Waals surface area (Å²) in [5.74, 6) is 0.631. The number of nitrogens with two attached hydrogens (primary N) is 1. The molecule has 0 fully saturated rings. The number of ether oxygens (including phenoxy) is 1. The van der Waals surface area contributed by atoms with Gasteiger partial charge < -0.3 is 10.5 Å². The summed E-state index contributed by atoms with van der Waals surface area (Å²) < 4.78 is 5.80. The molecule has 0 amide bonds. The normalized spacial score (nSPS) is 25.3. The molecule has 0 saturated carbocycles. The third-order valence-electron chi connectivity index (χ3n) is 2.97. The van der Waals surface area contributed by atoms with E-state index in [9.17, 15) is 0 Å². The van der Waals surface area contributed by atoms with Crippen molar-refractivity contribution < 1.29 is 4.74 Å². The van der Waals surface area contributed by atoms with Gasteiger partial charge in [-0.05, 0) is 23.5 Å². The summed E-state index contributed by atoms with van der Waals surface area (Å²) in [6, 6.07) is 8.35. The molecule has 0 radical (unpaired) electrons. The highest BCUT2D eigenvalue weighted by Crippen LogP contribution is 2.30. The van der Waals surface area contributed by atoms with E-state index in [2.05, 4.69) is 32.0 Å². The molecule has 2 rings (SSSR count). The van der Waals surface area contributed by atoms with Gasteiger partial charge in [-0.3, -0.25) is 0 Å². The highest BCUT2D eigenvalue weighted by Gasteiger charge is 2.27. The van der Waals surface area contributed by atoms with E-state index >= 15 is 0 Å². The van der Waals surface area contributed by atoms with Crippen molar-refractivity contribution in [2.75, 3.05) is 0 Å². The van der Waals surface area contributed by atoms with Crippen molar-refractivity contribution in [2.45, 2.75) is 39.0 Å². The molecule has 2 nitrogen and oxygen atoms in total. The number of fused-ring (bicyclic) bond motifs is 1. The summed E-state index contributed by atoms with van der Waals surface area (Å²) in [5.41, 5.74) is 8.71. The Hall–Kier alpha value is -0.860. The van der Waals surface area contributed by atoms with E-state index in [0.717, 1.165) is 6.42 Å². The lowest BCUT2D eigenvalue weighted by atomic mass is 9.90. The zero-order chi connectivity index (χ0) is 10.8. The molecule has 0 saturated heterocycles. The fourth-order valence-electron chi connectivity index (χ4n) is 2.17. The second kappa shape index (κ2) is 4.33. The van der Waals surface area contributed by atoms with Gasteiger partial charge in [-0.15, -0.1) is 0 Å². The van der Waals surface area contributed by atoms with Gasteiger partial charge in [-0.2, -0.15) is 0 Å². The minimum absolute atomic E-state index is 0.0392. The topological polar surface area (TPSA) is 35.2 Å². The largest absolute Gasteiger partial charge is 0.372 e. The standard InChI is InChI=1S/C13H19NO/c1-9(2)7-12-13(14)11-6-4-3-5-10(11)8-15-12/h3-6,9,12-13H,7-8,14H2,1-2H3/t12?,13-/m0/s1. The van der Waals surface area contributed by atoms with Crippen molar-refractivity contribution in [3.05, 3.63) is 35.4 Å². The van der Waals surface area contributed by atoms with Crippen LogP contribution in [0.5, 0.6) is 0 Å². The van der Waals surface area contributed by atoms with E-state index in [4.69, 9.17) is 10.5 Å². The van der Waals surface area contributed by atoms with Crippen molar-refractivity contribution >= 4 is 0 Å². The first-order chi connectivity index (χ1) is 7.18. The number of hydrogen-bond donors (Lipinski definition) is 1. The summed E-state index contributed by atoms with van der Waals surface area (Å²) in [6.45, 7) is 5.12. The molecule has 2 heteroatoms. The molecule has 0 bridgehead atoms. The molecule has 82 valence electrons. The molecule has 1 aromatic rings. The van der Waals surface area contributed by atoms with Crippen LogP contribution in [0, 0.1) is 5.92 Å². The van der Waals surface area contributed by atoms with Crippen LogP contribution in [0.3, 0.4) is 0 Å². The Morgan fingerprint density at radius 2 is 2.13 bits per heavy atom. The summed E-state index contributed by atoms with van der Waals surface area (Å²) in [5, 5.41) is 0. The van der Waals surface area contributed by atoms with Gasteiger partial charge in [0.1, 0.15) is 0 Å². The Morgan fingerprint density at radius 1 is 1.40 bits per heavy atom. The van der Waals surface area contributed by atoms with E-state index in [1.54, 1.807) is 0 Å². The molecule has 15 heavy (non-hydrogen) atoms. The molecule has 1 aliphatic heterocycles. The number of benzene rings is 1. The van der Waals surface area contributed by atoms with Crippen molar-refractivity contribution in [1.82, 2.24) is 0 Å². The minimum atomic E-state index is 0.0392. The van der Waals surface area contributed by atoms with Crippen molar-refractivity contribution in [3.8, 4) is 0 Å². The van der Waals surface area contributed by atoms with E-state index in [0.29, 0.717) is 12.5 Å². The van der Waals surface area contributed by atoms with Gasteiger partial charge in [-0.1, -0.05) is 38.1 Å². The zero-order valence-electron chi connectivity index (χ0n) is 9.44. The minimum Gasteiger partial charge on any atom is -0.372 e. The summed E-state index contributed by atoms with van der Waals surface area (Å²) >= 11 is 0. The third-order valence-corrected chi connectivity index (χ3v) is 2.97. The van der Waals surface area contributed by atoms with Crippen molar-refractivity contribution in [2.24, 2.45) is 11.7 Å². The maximum absolute atomic E-state index is 6.21. The first kappa shape index (κ1) is 10.7. The zero-order valence-corrected chi connectivity index (χ0v) is 9.44. The van der Waals surface area contributed by atoms with E-state index in [1.807, 2.05) is 6.07 Å². The lowest BCUT2D eigenvalue weighted by molar-refractivity contribution is -0.00338. The smallest absolute Gasteiger partial charge is 0.0774 e. The van der Waals surface area contributed by atoms with Crippen LogP contribution in [-0.2, 0) is 11.3 Å². The van der Waals surface area contributed by atoms with Gasteiger partial charge in [0.05, 0.1) is 18.8 Å². The van der Waals surface area contributed by atoms with Gasteiger partial charge in [0.25, 0.3) is 0 Å². The number of hydrogen-bond acceptors (Lipinski definition) is 2. The second-order valence-electron chi connectivity index (χ2n) is 4.70. The molecule has 1 aromatic carbocycles. The lowest BCUT2D eigenvalue weighted by Crippen LogP contribution is -2.34. The summed E-state index contributed by atoms with van der Waals surface area (Å²) in [6.07, 6.45) is 1.22. The predicted molar refractivity (Wildman–Crippen MR) is 61.4 cm³/mol. The van der Waals surface area contributed by atoms with E-state index < -0.39 is 0 Å². The summed E-state index contributed by atoms with van der Waals surface area (Å²) in [4.78, 5) is 0. The second-order valence-corrected chi connectivity index (χ2v) is 4.70. The molecular weight excluding hydrogens is 186 g/mol. The van der Waals surface area contributed by atoms with Crippen LogP contribution in [0.1, 0.15) is 37.4 Å². The molecule has 2 N–H and O–H groups in total. The van der Waals surface area contributed by atoms with Crippen LogP contribution in [0.15, 0.2) is 24.3 Å². The van der Waals surface area contributed by atoms with E-state index in [1.165, 1.54) is 11.1 Å². The average molecular weight is 205 g/mol. The Kier molecular flexibility index (Phi) is 3.08. The molecule has 1 unspecified atom stereocenters. The Bertz CT molecular complexity index is 335. The fourth-order valence-corrected chi connectivity index (χ4v) is 2.17. The van der Waals surface area contributed by atoms with Crippen LogP contribution in [-0.4, -0.2) is 6.10 Å². The Morgan fingerprint density at radius 3 is 2.87 bits per heavy atom. The van der Waals surface area contributed by atoms with Crippen molar-refractivity contribution in [3.63, 3.8) is 0 Å². The van der Waals surface area contributed by atoms with Crippen LogP contribution in [0.2, 0.25) is 0 Å². The first-order valence-electron chi connectivity index (χ1n) is 5.63. The van der Waals surface area contributed by atoms with Gasteiger partial charge >= 0.3 is 0 Å². The molecule has 1 aliphatic rings. The summed E-state index contributed by atoms with van der Waals surface area (Å²) in [7, 11) is 0. The third kappa shape index (κ3) is 2.21. The highest BCUT2D eigenvalue weighted by atomic mass is 16.5. The van der Waals surface area contributed by atoms with Crippen molar-refractivity contribution in [1.29, 1.82) is 0 Å². The van der Waals surface area contributed by atoms with Crippen LogP contribution in [0.25, 0.3) is 0 Å². The van der Waals surface area contributed by atoms with Gasteiger partial charge in [0.2, 0.25) is 0 Å². The lowest BCUT2D eigenvalue weighted by Gasteiger charge is -2.32. The Labute approximate surface area is 91.4 Å². The average Bonchev–Trinajstić information content (AvgIpc) is 2.22. The highest BCUT2D eigenvalue weighted by molar-refractivity contribution is 5.31. The van der Waals surface area contributed by atoms with Crippen LogP contribution in [0.4, 0.5) is 0 Å². The maximum atomic E-state index is 6.21. The molecule has 1 heterocycles. The molecule has 0 spiro atoms. The fraction of sp³-hybridized carbons (Fsp3) is 0.538. The molecular formula is C13H19NO. The predicted octanol–water partition coefficient (Wildman–Crippen LogP) is 2.63.